The van der Waals surface area contributed by atoms with E-state index in [1.807, 2.05) is 24.3 Å². The van der Waals surface area contributed by atoms with Crippen molar-refractivity contribution in [3.8, 4) is 11.4 Å². The lowest BCUT2D eigenvalue weighted by atomic mass is 10.1. The van der Waals surface area contributed by atoms with Crippen LogP contribution < -0.4 is 5.32 Å². The van der Waals surface area contributed by atoms with Gasteiger partial charge >= 0.3 is 0 Å². The monoisotopic (exact) mass is 420 g/mol. The molecule has 2 aromatic heterocycles. The number of halogens is 2. The maximum absolute atomic E-state index is 13.7. The van der Waals surface area contributed by atoms with Crippen molar-refractivity contribution < 1.29 is 13.6 Å². The molecule has 0 bridgehead atoms. The zero-order chi connectivity index (χ0) is 21.4. The first kappa shape index (κ1) is 19.1. The van der Waals surface area contributed by atoms with Gasteiger partial charge in [0, 0.05) is 23.9 Å². The van der Waals surface area contributed by atoms with Crippen LogP contribution in [-0.4, -0.2) is 30.5 Å². The van der Waals surface area contributed by atoms with E-state index in [9.17, 15) is 13.6 Å². The molecule has 0 unspecified atom stereocenters. The summed E-state index contributed by atoms with van der Waals surface area (Å²) in [6, 6.07) is 11.2. The van der Waals surface area contributed by atoms with Crippen LogP contribution in [0.1, 0.15) is 33.7 Å². The molecule has 1 aliphatic rings. The number of nitrogens with one attached hydrogen (secondary N) is 1. The summed E-state index contributed by atoms with van der Waals surface area (Å²) in [4.78, 5) is 16.8. The number of hydrogen-bond donors (Lipinski definition) is 1. The summed E-state index contributed by atoms with van der Waals surface area (Å²) in [6.45, 7) is 0.337. The first-order valence-corrected chi connectivity index (χ1v) is 9.88. The van der Waals surface area contributed by atoms with Crippen LogP contribution in [0.25, 0.3) is 11.4 Å². The standard InChI is InChI=1S/C22H18F2N6O/c23-18-9-8-16(10-19(18)24)30-20-3-1-2-17(20)21(28-30)22(31)26-11-14-4-6-15(7-5-14)29-13-25-12-27-29/h4-10,12-13H,1-3,11H2,(H,26,31). The van der Waals surface area contributed by atoms with E-state index in [1.54, 1.807) is 15.7 Å². The van der Waals surface area contributed by atoms with Gasteiger partial charge < -0.3 is 5.32 Å². The van der Waals surface area contributed by atoms with E-state index < -0.39 is 11.6 Å². The minimum absolute atomic E-state index is 0.292. The molecule has 1 amide bonds. The van der Waals surface area contributed by atoms with E-state index >= 15 is 0 Å². The number of benzene rings is 2. The summed E-state index contributed by atoms with van der Waals surface area (Å²) in [7, 11) is 0. The Morgan fingerprint density at radius 3 is 2.58 bits per heavy atom. The molecule has 1 N–H and O–H groups in total. The van der Waals surface area contributed by atoms with Crippen LogP contribution in [0.3, 0.4) is 0 Å². The fourth-order valence-electron chi connectivity index (χ4n) is 3.82. The third-order valence-corrected chi connectivity index (χ3v) is 5.37. The molecule has 4 aromatic rings. The highest BCUT2D eigenvalue weighted by molar-refractivity contribution is 5.94. The smallest absolute Gasteiger partial charge is 0.272 e. The second-order valence-electron chi connectivity index (χ2n) is 7.33. The molecule has 7 nitrogen and oxygen atoms in total. The van der Waals surface area contributed by atoms with Gasteiger partial charge in [-0.1, -0.05) is 12.1 Å². The Hall–Kier alpha value is -3.88. The highest BCUT2D eigenvalue weighted by atomic mass is 19.2. The van der Waals surface area contributed by atoms with E-state index in [0.29, 0.717) is 17.9 Å². The number of fused-ring (bicyclic) bond motifs is 1. The molecule has 0 radical (unpaired) electrons. The van der Waals surface area contributed by atoms with Crippen molar-refractivity contribution in [2.45, 2.75) is 25.8 Å². The minimum atomic E-state index is -0.944. The molecule has 156 valence electrons. The van der Waals surface area contributed by atoms with Crippen molar-refractivity contribution in [2.24, 2.45) is 0 Å². The Morgan fingerprint density at radius 2 is 1.84 bits per heavy atom. The van der Waals surface area contributed by atoms with Gasteiger partial charge in [0.2, 0.25) is 0 Å². The summed E-state index contributed by atoms with van der Waals surface area (Å²) < 4.78 is 30.2. The highest BCUT2D eigenvalue weighted by Gasteiger charge is 2.27. The Morgan fingerprint density at radius 1 is 1.03 bits per heavy atom. The number of carbonyl (C=O) groups is 1. The molecule has 9 heteroatoms. The topological polar surface area (TPSA) is 77.6 Å². The van der Waals surface area contributed by atoms with E-state index in [1.165, 1.54) is 12.4 Å². The Balaban J connectivity index is 1.34. The molecular formula is C22H18F2N6O. The fraction of sp³-hybridized carbons (Fsp3) is 0.182. The molecule has 0 saturated heterocycles. The second kappa shape index (κ2) is 7.75. The van der Waals surface area contributed by atoms with Crippen LogP contribution in [0.5, 0.6) is 0 Å². The van der Waals surface area contributed by atoms with Gasteiger partial charge in [0.05, 0.1) is 11.4 Å². The lowest BCUT2D eigenvalue weighted by molar-refractivity contribution is 0.0944. The zero-order valence-electron chi connectivity index (χ0n) is 16.4. The Kier molecular flexibility index (Phi) is 4.78. The first-order chi connectivity index (χ1) is 15.1. The van der Waals surface area contributed by atoms with Crippen LogP contribution in [0, 0.1) is 11.6 Å². The van der Waals surface area contributed by atoms with Crippen LogP contribution in [0.4, 0.5) is 8.78 Å². The van der Waals surface area contributed by atoms with Gasteiger partial charge in [0.15, 0.2) is 17.3 Å². The SMILES string of the molecule is O=C(NCc1ccc(-n2cncn2)cc1)c1nn(-c2ccc(F)c(F)c2)c2c1CCC2. The van der Waals surface area contributed by atoms with Gasteiger partial charge in [-0.05, 0) is 49.1 Å². The maximum Gasteiger partial charge on any atom is 0.272 e. The molecule has 31 heavy (non-hydrogen) atoms. The second-order valence-corrected chi connectivity index (χ2v) is 7.33. The lowest BCUT2D eigenvalue weighted by Crippen LogP contribution is -2.24. The van der Waals surface area contributed by atoms with Crippen molar-refractivity contribution in [3.05, 3.63) is 89.3 Å². The molecular weight excluding hydrogens is 402 g/mol. The van der Waals surface area contributed by atoms with Gasteiger partial charge in [0.1, 0.15) is 12.7 Å². The average Bonchev–Trinajstić information content (AvgIpc) is 3.52. The largest absolute Gasteiger partial charge is 0.347 e. The molecule has 5 rings (SSSR count). The molecule has 0 fully saturated rings. The zero-order valence-corrected chi connectivity index (χ0v) is 16.4. The molecule has 0 saturated carbocycles. The summed E-state index contributed by atoms with van der Waals surface area (Å²) in [5, 5.41) is 11.4. The van der Waals surface area contributed by atoms with Crippen molar-refractivity contribution >= 4 is 5.91 Å². The number of aromatic nitrogens is 5. The molecule has 1 aliphatic carbocycles. The first-order valence-electron chi connectivity index (χ1n) is 9.88. The Labute approximate surface area is 176 Å². The normalized spacial score (nSPS) is 12.7. The van der Waals surface area contributed by atoms with Gasteiger partial charge in [-0.3, -0.25) is 4.79 Å². The van der Waals surface area contributed by atoms with Crippen molar-refractivity contribution in [2.75, 3.05) is 0 Å². The van der Waals surface area contributed by atoms with Gasteiger partial charge in [-0.25, -0.2) is 23.1 Å². The van der Waals surface area contributed by atoms with Crippen LogP contribution in [-0.2, 0) is 19.4 Å². The van der Waals surface area contributed by atoms with E-state index in [4.69, 9.17) is 0 Å². The number of amides is 1. The predicted octanol–water partition coefficient (Wildman–Crippen LogP) is 3.15. The predicted molar refractivity (Wildman–Crippen MR) is 108 cm³/mol. The quantitative estimate of drug-likeness (QED) is 0.538. The number of nitrogens with zero attached hydrogens (tertiary/aromatic N) is 5. The van der Waals surface area contributed by atoms with E-state index in [-0.39, 0.29) is 5.91 Å². The molecule has 0 spiro atoms. The summed E-state index contributed by atoms with van der Waals surface area (Å²) in [5.74, 6) is -2.15. The van der Waals surface area contributed by atoms with Crippen LogP contribution >= 0.6 is 0 Å². The number of carbonyl (C=O) groups excluding carboxylic acids is 1. The van der Waals surface area contributed by atoms with Gasteiger partial charge in [-0.15, -0.1) is 0 Å². The maximum atomic E-state index is 13.7. The van der Waals surface area contributed by atoms with E-state index in [2.05, 4.69) is 20.5 Å². The lowest BCUT2D eigenvalue weighted by Gasteiger charge is -2.07. The fourth-order valence-corrected chi connectivity index (χ4v) is 3.82. The average molecular weight is 420 g/mol. The highest BCUT2D eigenvalue weighted by Crippen LogP contribution is 2.28. The van der Waals surface area contributed by atoms with Crippen molar-refractivity contribution in [1.82, 2.24) is 29.9 Å². The number of rotatable bonds is 5. The molecule has 0 atom stereocenters. The third-order valence-electron chi connectivity index (χ3n) is 5.37. The molecule has 2 heterocycles. The van der Waals surface area contributed by atoms with E-state index in [0.717, 1.165) is 53.9 Å². The minimum Gasteiger partial charge on any atom is -0.347 e. The van der Waals surface area contributed by atoms with Crippen molar-refractivity contribution in [3.63, 3.8) is 0 Å². The van der Waals surface area contributed by atoms with Crippen molar-refractivity contribution in [1.29, 1.82) is 0 Å². The van der Waals surface area contributed by atoms with Crippen LogP contribution in [0.15, 0.2) is 55.1 Å². The molecule has 0 aliphatic heterocycles. The summed E-state index contributed by atoms with van der Waals surface area (Å²) >= 11 is 0. The third kappa shape index (κ3) is 3.58. The summed E-state index contributed by atoms with van der Waals surface area (Å²) in [6.07, 6.45) is 5.43. The number of hydrogen-bond acceptors (Lipinski definition) is 4. The Bertz CT molecular complexity index is 1250. The summed E-state index contributed by atoms with van der Waals surface area (Å²) in [5.41, 5.74) is 4.26. The molecule has 2 aromatic carbocycles. The van der Waals surface area contributed by atoms with Gasteiger partial charge in [-0.2, -0.15) is 10.2 Å². The van der Waals surface area contributed by atoms with Gasteiger partial charge in [0.25, 0.3) is 5.91 Å². The van der Waals surface area contributed by atoms with Crippen LogP contribution in [0.2, 0.25) is 0 Å².